The minimum atomic E-state index is -4.50. The van der Waals surface area contributed by atoms with Crippen molar-refractivity contribution in [1.82, 2.24) is 20.4 Å². The summed E-state index contributed by atoms with van der Waals surface area (Å²) in [4.78, 5) is 4.01. The fraction of sp³-hybridized carbons (Fsp3) is 0.412. The maximum Gasteiger partial charge on any atom is 0.435 e. The van der Waals surface area contributed by atoms with E-state index >= 15 is 0 Å². The number of hydrogen-bond acceptors (Lipinski definition) is 3. The van der Waals surface area contributed by atoms with Gasteiger partial charge in [-0.1, -0.05) is 11.6 Å². The van der Waals surface area contributed by atoms with Crippen LogP contribution in [0.15, 0.2) is 35.5 Å². The Kier molecular flexibility index (Phi) is 6.95. The van der Waals surface area contributed by atoms with Gasteiger partial charge in [0.25, 0.3) is 0 Å². The predicted molar refractivity (Wildman–Crippen MR) is 98.0 cm³/mol. The number of nitrogens with one attached hydrogen (secondary N) is 2. The van der Waals surface area contributed by atoms with Crippen LogP contribution in [0, 0.1) is 0 Å². The van der Waals surface area contributed by atoms with Crippen molar-refractivity contribution < 1.29 is 17.9 Å². The minimum absolute atomic E-state index is 0.0402. The molecule has 0 fully saturated rings. The Labute approximate surface area is 160 Å². The molecule has 0 amide bonds. The van der Waals surface area contributed by atoms with E-state index in [1.165, 1.54) is 20.3 Å². The third-order valence-corrected chi connectivity index (χ3v) is 3.80. The van der Waals surface area contributed by atoms with Crippen molar-refractivity contribution >= 4 is 17.6 Å². The second kappa shape index (κ2) is 8.98. The molecule has 1 aromatic heterocycles. The topological polar surface area (TPSA) is 63.5 Å². The van der Waals surface area contributed by atoms with E-state index in [0.717, 1.165) is 4.68 Å². The molecule has 148 valence electrons. The summed E-state index contributed by atoms with van der Waals surface area (Å²) < 4.78 is 45.8. The highest BCUT2D eigenvalue weighted by atomic mass is 35.5. The monoisotopic (exact) mass is 403 g/mol. The summed E-state index contributed by atoms with van der Waals surface area (Å²) in [6.07, 6.45) is -3.38. The van der Waals surface area contributed by atoms with Crippen molar-refractivity contribution in [1.29, 1.82) is 0 Å². The predicted octanol–water partition coefficient (Wildman–Crippen LogP) is 3.22. The van der Waals surface area contributed by atoms with Crippen molar-refractivity contribution in [3.8, 4) is 5.75 Å². The molecule has 0 saturated heterocycles. The number of halogens is 4. The number of aliphatic imine (C=N–C) groups is 1. The van der Waals surface area contributed by atoms with Crippen molar-refractivity contribution in [2.75, 3.05) is 13.6 Å². The lowest BCUT2D eigenvalue weighted by Gasteiger charge is -2.18. The van der Waals surface area contributed by atoms with E-state index < -0.39 is 11.9 Å². The first-order valence-electron chi connectivity index (χ1n) is 8.15. The quantitative estimate of drug-likeness (QED) is 0.574. The molecule has 0 aliphatic carbocycles. The zero-order valence-corrected chi connectivity index (χ0v) is 15.9. The Morgan fingerprint density at radius 3 is 2.56 bits per heavy atom. The highest BCUT2D eigenvalue weighted by Crippen LogP contribution is 2.30. The maximum absolute atomic E-state index is 13.0. The molecule has 0 aliphatic rings. The Balaban J connectivity index is 1.87. The van der Waals surface area contributed by atoms with Crippen molar-refractivity contribution in [2.45, 2.75) is 25.7 Å². The van der Waals surface area contributed by atoms with Gasteiger partial charge >= 0.3 is 6.18 Å². The summed E-state index contributed by atoms with van der Waals surface area (Å²) in [5.41, 5.74) is -0.870. The molecule has 2 aromatic rings. The summed E-state index contributed by atoms with van der Waals surface area (Å²) in [7, 11) is 2.98. The average molecular weight is 404 g/mol. The number of guanidine groups is 1. The third kappa shape index (κ3) is 6.35. The lowest BCUT2D eigenvalue weighted by Crippen LogP contribution is -2.41. The third-order valence-electron chi connectivity index (χ3n) is 3.55. The van der Waals surface area contributed by atoms with Crippen LogP contribution in [0.5, 0.6) is 5.75 Å². The largest absolute Gasteiger partial charge is 0.489 e. The normalized spacial score (nSPS) is 13.4. The molecule has 27 heavy (non-hydrogen) atoms. The Hall–Kier alpha value is -2.42. The fourth-order valence-electron chi connectivity index (χ4n) is 2.33. The van der Waals surface area contributed by atoms with E-state index in [1.54, 1.807) is 24.3 Å². The van der Waals surface area contributed by atoms with Gasteiger partial charge in [0.1, 0.15) is 11.9 Å². The lowest BCUT2D eigenvalue weighted by molar-refractivity contribution is -0.142. The number of rotatable bonds is 6. The molecule has 6 nitrogen and oxygen atoms in total. The van der Waals surface area contributed by atoms with Gasteiger partial charge in [0, 0.05) is 37.4 Å². The second-order valence-electron chi connectivity index (χ2n) is 5.86. The molecule has 2 rings (SSSR count). The standard InChI is InChI=1S/C17H21ClF3N5O/c1-11(27-14-6-4-13(18)5-7-14)8-23-16(22-2)24-9-12-10-26(3)25-15(12)17(19,20)21/h4-7,10-11H,8-9H2,1-3H3,(H2,22,23,24). The molecule has 1 aromatic carbocycles. The zero-order chi connectivity index (χ0) is 20.0. The van der Waals surface area contributed by atoms with E-state index in [2.05, 4.69) is 20.7 Å². The smallest absolute Gasteiger partial charge is 0.435 e. The number of ether oxygens (including phenoxy) is 1. The van der Waals surface area contributed by atoms with Crippen LogP contribution in [0.4, 0.5) is 13.2 Å². The first-order chi connectivity index (χ1) is 12.7. The molecule has 0 saturated carbocycles. The van der Waals surface area contributed by atoms with E-state index in [1.807, 2.05) is 6.92 Å². The van der Waals surface area contributed by atoms with Gasteiger partial charge in [0.05, 0.1) is 6.54 Å². The van der Waals surface area contributed by atoms with E-state index in [9.17, 15) is 13.2 Å². The number of nitrogens with zero attached hydrogens (tertiary/aromatic N) is 3. The van der Waals surface area contributed by atoms with E-state index in [-0.39, 0.29) is 18.2 Å². The summed E-state index contributed by atoms with van der Waals surface area (Å²) in [5.74, 6) is 1.03. The summed E-state index contributed by atoms with van der Waals surface area (Å²) in [5, 5.41) is 9.96. The maximum atomic E-state index is 13.0. The number of aryl methyl sites for hydroxylation is 1. The number of benzene rings is 1. The average Bonchev–Trinajstić information content (AvgIpc) is 2.98. The van der Waals surface area contributed by atoms with Gasteiger partial charge in [-0.15, -0.1) is 0 Å². The van der Waals surface area contributed by atoms with Gasteiger partial charge in [0.2, 0.25) is 0 Å². The molecule has 1 heterocycles. The number of hydrogen-bond donors (Lipinski definition) is 2. The zero-order valence-electron chi connectivity index (χ0n) is 15.1. The van der Waals surface area contributed by atoms with Gasteiger partial charge in [-0.05, 0) is 31.2 Å². The first-order valence-corrected chi connectivity index (χ1v) is 8.53. The van der Waals surface area contributed by atoms with Gasteiger partial charge in [-0.25, -0.2) is 0 Å². The fourth-order valence-corrected chi connectivity index (χ4v) is 2.46. The SMILES string of the molecule is CN=C(NCc1cn(C)nc1C(F)(F)F)NCC(C)Oc1ccc(Cl)cc1. The molecule has 10 heteroatoms. The van der Waals surface area contributed by atoms with Crippen LogP contribution < -0.4 is 15.4 Å². The molecular weight excluding hydrogens is 383 g/mol. The lowest BCUT2D eigenvalue weighted by atomic mass is 10.2. The molecular formula is C17H21ClF3N5O. The Morgan fingerprint density at radius 1 is 1.30 bits per heavy atom. The Bertz CT molecular complexity index is 774. The van der Waals surface area contributed by atoms with Crippen LogP contribution >= 0.6 is 11.6 Å². The van der Waals surface area contributed by atoms with Crippen LogP contribution in [0.25, 0.3) is 0 Å². The van der Waals surface area contributed by atoms with Gasteiger partial charge in [-0.3, -0.25) is 9.67 Å². The highest BCUT2D eigenvalue weighted by molar-refractivity contribution is 6.30. The summed E-state index contributed by atoms with van der Waals surface area (Å²) in [6, 6.07) is 6.97. The first kappa shape index (κ1) is 20.9. The molecule has 2 N–H and O–H groups in total. The van der Waals surface area contributed by atoms with Gasteiger partial charge < -0.3 is 15.4 Å². The van der Waals surface area contributed by atoms with Crippen LogP contribution in [0.3, 0.4) is 0 Å². The summed E-state index contributed by atoms with van der Waals surface area (Å²) >= 11 is 5.83. The number of aromatic nitrogens is 2. The van der Waals surface area contributed by atoms with Crippen molar-refractivity contribution in [3.63, 3.8) is 0 Å². The molecule has 0 radical (unpaired) electrons. The summed E-state index contributed by atoms with van der Waals surface area (Å²) in [6.45, 7) is 2.20. The van der Waals surface area contributed by atoms with Crippen LogP contribution in [0.1, 0.15) is 18.2 Å². The van der Waals surface area contributed by atoms with Crippen molar-refractivity contribution in [2.24, 2.45) is 12.0 Å². The minimum Gasteiger partial charge on any atom is -0.489 e. The molecule has 0 bridgehead atoms. The van der Waals surface area contributed by atoms with Gasteiger partial charge in [-0.2, -0.15) is 18.3 Å². The molecule has 0 aliphatic heterocycles. The van der Waals surface area contributed by atoms with Crippen molar-refractivity contribution in [3.05, 3.63) is 46.7 Å². The highest BCUT2D eigenvalue weighted by Gasteiger charge is 2.36. The Morgan fingerprint density at radius 2 is 1.96 bits per heavy atom. The van der Waals surface area contributed by atoms with Crippen LogP contribution in [-0.4, -0.2) is 35.4 Å². The second-order valence-corrected chi connectivity index (χ2v) is 6.30. The molecule has 1 unspecified atom stereocenters. The van der Waals surface area contributed by atoms with E-state index in [4.69, 9.17) is 16.3 Å². The van der Waals surface area contributed by atoms with Crippen LogP contribution in [0.2, 0.25) is 5.02 Å². The van der Waals surface area contributed by atoms with Crippen LogP contribution in [-0.2, 0) is 19.8 Å². The van der Waals surface area contributed by atoms with E-state index in [0.29, 0.717) is 23.3 Å². The van der Waals surface area contributed by atoms with Gasteiger partial charge in [0.15, 0.2) is 11.7 Å². The molecule has 1 atom stereocenters. The number of alkyl halides is 3. The molecule has 0 spiro atoms.